The maximum absolute atomic E-state index is 13.1. The molecular weight excluding hydrogens is 424 g/mol. The summed E-state index contributed by atoms with van der Waals surface area (Å²) in [6.45, 7) is 7.04. The fourth-order valence-electron chi connectivity index (χ4n) is 5.94. The molecule has 0 saturated heterocycles. The molecule has 1 heterocycles. The van der Waals surface area contributed by atoms with Gasteiger partial charge in [-0.2, -0.15) is 0 Å². The number of esters is 1. The number of Topliss-reactive ketones (excluding diaryl/α,β-unsaturated/α-hetero) is 1. The predicted molar refractivity (Wildman–Crippen MR) is 137 cm³/mol. The van der Waals surface area contributed by atoms with Gasteiger partial charge in [-0.25, -0.2) is 4.98 Å². The molecule has 0 radical (unpaired) electrons. The topological polar surface area (TPSA) is 68.3 Å². The second-order valence-electron chi connectivity index (χ2n) is 11.6. The van der Waals surface area contributed by atoms with Gasteiger partial charge in [0.1, 0.15) is 5.82 Å². The molecule has 184 valence electrons. The van der Waals surface area contributed by atoms with Gasteiger partial charge in [0.2, 0.25) is 0 Å². The molecule has 0 spiro atoms. The Kier molecular flexibility index (Phi) is 7.59. The van der Waals surface area contributed by atoms with E-state index in [2.05, 4.69) is 37.1 Å². The van der Waals surface area contributed by atoms with Crippen molar-refractivity contribution in [3.8, 4) is 0 Å². The van der Waals surface area contributed by atoms with Crippen molar-refractivity contribution in [2.75, 3.05) is 12.4 Å². The molecule has 1 aromatic heterocycles. The summed E-state index contributed by atoms with van der Waals surface area (Å²) in [6.07, 6.45) is 10.9. The molecule has 1 N–H and O–H groups in total. The Balaban J connectivity index is 1.39. The molecule has 2 atom stereocenters. The van der Waals surface area contributed by atoms with Crippen LogP contribution in [0.5, 0.6) is 0 Å². The van der Waals surface area contributed by atoms with Crippen LogP contribution in [0.3, 0.4) is 0 Å². The SMILES string of the molecule is COC(=O)C1CCCC(CC(=O)c2ccc3cnc(NC4CCC(C(C)(C)C)CC4)cc3c2)C1. The second kappa shape index (κ2) is 10.5. The van der Waals surface area contributed by atoms with Crippen LogP contribution in [0.15, 0.2) is 30.5 Å². The van der Waals surface area contributed by atoms with Gasteiger partial charge in [-0.1, -0.05) is 39.3 Å². The van der Waals surface area contributed by atoms with Crippen molar-refractivity contribution in [1.29, 1.82) is 0 Å². The van der Waals surface area contributed by atoms with E-state index in [-0.39, 0.29) is 23.6 Å². The lowest BCUT2D eigenvalue weighted by atomic mass is 9.71. The zero-order valence-corrected chi connectivity index (χ0v) is 21.2. The summed E-state index contributed by atoms with van der Waals surface area (Å²) in [4.78, 5) is 29.6. The zero-order chi connectivity index (χ0) is 24.3. The molecule has 4 rings (SSSR count). The fourth-order valence-corrected chi connectivity index (χ4v) is 5.94. The summed E-state index contributed by atoms with van der Waals surface area (Å²) in [5.41, 5.74) is 1.13. The third-order valence-corrected chi connectivity index (χ3v) is 8.14. The summed E-state index contributed by atoms with van der Waals surface area (Å²) in [5.74, 6) is 1.89. The van der Waals surface area contributed by atoms with Gasteiger partial charge in [0.15, 0.2) is 5.78 Å². The molecule has 0 bridgehead atoms. The summed E-state index contributed by atoms with van der Waals surface area (Å²) >= 11 is 0. The predicted octanol–water partition coefficient (Wildman–Crippen LogP) is 6.80. The lowest BCUT2D eigenvalue weighted by Crippen LogP contribution is -2.31. The Bertz CT molecular complexity index is 1020. The van der Waals surface area contributed by atoms with Crippen molar-refractivity contribution >= 4 is 28.3 Å². The average molecular weight is 465 g/mol. The minimum Gasteiger partial charge on any atom is -0.469 e. The van der Waals surface area contributed by atoms with Crippen molar-refractivity contribution in [3.63, 3.8) is 0 Å². The van der Waals surface area contributed by atoms with E-state index in [0.29, 0.717) is 17.9 Å². The Labute approximate surface area is 204 Å². The summed E-state index contributed by atoms with van der Waals surface area (Å²) < 4.78 is 4.93. The number of ketones is 1. The van der Waals surface area contributed by atoms with Gasteiger partial charge in [-0.15, -0.1) is 0 Å². The summed E-state index contributed by atoms with van der Waals surface area (Å²) in [5, 5.41) is 5.73. The first kappa shape index (κ1) is 24.7. The van der Waals surface area contributed by atoms with Crippen LogP contribution in [0.4, 0.5) is 5.82 Å². The number of methoxy groups -OCH3 is 1. The van der Waals surface area contributed by atoms with E-state index in [0.717, 1.165) is 53.8 Å². The number of hydrogen-bond acceptors (Lipinski definition) is 5. The molecule has 1 aromatic carbocycles. The monoisotopic (exact) mass is 464 g/mol. The van der Waals surface area contributed by atoms with E-state index in [9.17, 15) is 9.59 Å². The minimum atomic E-state index is -0.137. The lowest BCUT2D eigenvalue weighted by Gasteiger charge is -2.37. The van der Waals surface area contributed by atoms with Crippen molar-refractivity contribution in [2.24, 2.45) is 23.2 Å². The molecule has 2 aliphatic carbocycles. The van der Waals surface area contributed by atoms with Gasteiger partial charge >= 0.3 is 5.97 Å². The van der Waals surface area contributed by atoms with Crippen LogP contribution in [0.2, 0.25) is 0 Å². The standard InChI is InChI=1S/C29H40N2O3/c1-29(2,3)24-10-12-25(13-11-24)31-27-17-23-16-20(8-9-22(23)18-30-27)26(32)15-19-6-5-7-21(14-19)28(33)34-4/h8-9,16-19,21,24-25H,5-7,10-15H2,1-4H3,(H,30,31). The van der Waals surface area contributed by atoms with Crippen LogP contribution >= 0.6 is 0 Å². The van der Waals surface area contributed by atoms with Crippen LogP contribution in [-0.2, 0) is 9.53 Å². The number of carbonyl (C=O) groups is 2. The number of pyridine rings is 1. The molecule has 2 aliphatic rings. The Hall–Kier alpha value is -2.43. The number of aromatic nitrogens is 1. The van der Waals surface area contributed by atoms with Crippen LogP contribution in [0, 0.1) is 23.2 Å². The van der Waals surface area contributed by atoms with Gasteiger partial charge < -0.3 is 10.1 Å². The summed E-state index contributed by atoms with van der Waals surface area (Å²) in [6, 6.07) is 8.44. The van der Waals surface area contributed by atoms with Gasteiger partial charge in [0, 0.05) is 29.6 Å². The van der Waals surface area contributed by atoms with Gasteiger partial charge in [-0.05, 0) is 79.7 Å². The number of benzene rings is 1. The zero-order valence-electron chi connectivity index (χ0n) is 21.2. The molecule has 0 aliphatic heterocycles. The third-order valence-electron chi connectivity index (χ3n) is 8.14. The van der Waals surface area contributed by atoms with E-state index < -0.39 is 0 Å². The Morgan fingerprint density at radius 1 is 1.03 bits per heavy atom. The number of nitrogens with zero attached hydrogens (tertiary/aromatic N) is 1. The van der Waals surface area contributed by atoms with Crippen molar-refractivity contribution in [3.05, 3.63) is 36.0 Å². The molecule has 2 fully saturated rings. The molecule has 5 nitrogen and oxygen atoms in total. The average Bonchev–Trinajstić information content (AvgIpc) is 2.83. The highest BCUT2D eigenvalue weighted by Gasteiger charge is 2.30. The normalized spacial score (nSPS) is 25.6. The van der Waals surface area contributed by atoms with E-state index in [1.807, 2.05) is 24.4 Å². The highest BCUT2D eigenvalue weighted by atomic mass is 16.5. The number of ether oxygens (including phenoxy) is 1. The van der Waals surface area contributed by atoms with Crippen LogP contribution in [0.1, 0.15) is 88.9 Å². The molecule has 2 aromatic rings. The molecule has 34 heavy (non-hydrogen) atoms. The number of nitrogens with one attached hydrogen (secondary N) is 1. The van der Waals surface area contributed by atoms with Crippen LogP contribution in [-0.4, -0.2) is 29.9 Å². The van der Waals surface area contributed by atoms with Crippen molar-refractivity contribution in [2.45, 2.75) is 84.6 Å². The molecule has 5 heteroatoms. The first-order chi connectivity index (χ1) is 16.2. The first-order valence-electron chi connectivity index (χ1n) is 13.0. The van der Waals surface area contributed by atoms with E-state index >= 15 is 0 Å². The van der Waals surface area contributed by atoms with E-state index in [1.54, 1.807) is 0 Å². The quantitative estimate of drug-likeness (QED) is 0.376. The van der Waals surface area contributed by atoms with Crippen LogP contribution < -0.4 is 5.32 Å². The van der Waals surface area contributed by atoms with Crippen LogP contribution in [0.25, 0.3) is 10.8 Å². The number of hydrogen-bond donors (Lipinski definition) is 1. The third kappa shape index (κ3) is 5.97. The highest BCUT2D eigenvalue weighted by Crippen LogP contribution is 2.38. The lowest BCUT2D eigenvalue weighted by molar-refractivity contribution is -0.147. The molecule has 2 saturated carbocycles. The Morgan fingerprint density at radius 3 is 2.50 bits per heavy atom. The Morgan fingerprint density at radius 2 is 1.79 bits per heavy atom. The fraction of sp³-hybridized carbons (Fsp3) is 0.621. The largest absolute Gasteiger partial charge is 0.469 e. The first-order valence-corrected chi connectivity index (χ1v) is 13.0. The summed E-state index contributed by atoms with van der Waals surface area (Å²) in [7, 11) is 1.45. The molecule has 2 unspecified atom stereocenters. The molecular formula is C29H40N2O3. The number of carbonyl (C=O) groups excluding carboxylic acids is 2. The van der Waals surface area contributed by atoms with Gasteiger partial charge in [-0.3, -0.25) is 9.59 Å². The van der Waals surface area contributed by atoms with E-state index in [1.165, 1.54) is 32.8 Å². The maximum Gasteiger partial charge on any atom is 0.308 e. The maximum atomic E-state index is 13.1. The number of fused-ring (bicyclic) bond motifs is 1. The number of rotatable bonds is 6. The van der Waals surface area contributed by atoms with Crippen molar-refractivity contribution in [1.82, 2.24) is 4.98 Å². The van der Waals surface area contributed by atoms with E-state index in [4.69, 9.17) is 4.74 Å². The second-order valence-corrected chi connectivity index (χ2v) is 11.6. The van der Waals surface area contributed by atoms with Crippen molar-refractivity contribution < 1.29 is 14.3 Å². The smallest absolute Gasteiger partial charge is 0.308 e. The minimum absolute atomic E-state index is 0.0636. The van der Waals surface area contributed by atoms with Gasteiger partial charge in [0.05, 0.1) is 13.0 Å². The molecule has 0 amide bonds. The highest BCUT2D eigenvalue weighted by molar-refractivity contribution is 6.00. The number of anilines is 1. The van der Waals surface area contributed by atoms with Gasteiger partial charge in [0.25, 0.3) is 0 Å².